The first-order chi connectivity index (χ1) is 11.1. The van der Waals surface area contributed by atoms with Crippen molar-refractivity contribution in [2.75, 3.05) is 13.4 Å². The fourth-order valence-corrected chi connectivity index (χ4v) is 3.09. The van der Waals surface area contributed by atoms with Crippen molar-refractivity contribution >= 4 is 29.1 Å². The lowest BCUT2D eigenvalue weighted by molar-refractivity contribution is 0.0969. The van der Waals surface area contributed by atoms with Crippen LogP contribution in [0.25, 0.3) is 0 Å². The Hall–Kier alpha value is -1.59. The Morgan fingerprint density at radius 2 is 2.00 bits per heavy atom. The zero-order valence-corrected chi connectivity index (χ0v) is 14.6. The van der Waals surface area contributed by atoms with Gasteiger partial charge in [-0.05, 0) is 43.4 Å². The van der Waals surface area contributed by atoms with E-state index < -0.39 is 0 Å². The molecule has 1 fully saturated rings. The van der Waals surface area contributed by atoms with Crippen LogP contribution in [0.1, 0.15) is 35.3 Å². The number of nitrogens with zero attached hydrogens (tertiary/aromatic N) is 2. The van der Waals surface area contributed by atoms with Crippen LogP contribution in [0.15, 0.2) is 35.5 Å². The summed E-state index contributed by atoms with van der Waals surface area (Å²) in [6.07, 6.45) is 4.29. The number of carbonyl (C=O) groups excluding carboxylic acids is 1. The van der Waals surface area contributed by atoms with Gasteiger partial charge in [0.05, 0.1) is 12.8 Å². The van der Waals surface area contributed by atoms with Gasteiger partial charge in [-0.15, -0.1) is 0 Å². The Kier molecular flexibility index (Phi) is 4.60. The summed E-state index contributed by atoms with van der Waals surface area (Å²) >= 11 is 7.35. The van der Waals surface area contributed by atoms with Crippen molar-refractivity contribution in [2.24, 2.45) is 0 Å². The van der Waals surface area contributed by atoms with Crippen molar-refractivity contribution in [3.63, 3.8) is 0 Å². The summed E-state index contributed by atoms with van der Waals surface area (Å²) in [7, 11) is 1.59. The summed E-state index contributed by atoms with van der Waals surface area (Å²) in [6.45, 7) is 0. The number of hydrogen-bond acceptors (Lipinski definition) is 5. The third-order valence-electron chi connectivity index (χ3n) is 4.14. The van der Waals surface area contributed by atoms with Gasteiger partial charge in [0, 0.05) is 28.5 Å². The molecule has 1 aliphatic carbocycles. The minimum atomic E-state index is -0.183. The molecular formula is C17H17ClN2O2S. The summed E-state index contributed by atoms with van der Waals surface area (Å²) in [5.74, 6) is 0.659. The molecule has 0 saturated heterocycles. The van der Waals surface area contributed by atoms with Crippen LogP contribution in [-0.2, 0) is 5.41 Å². The molecule has 1 aliphatic rings. The number of ketones is 1. The van der Waals surface area contributed by atoms with Gasteiger partial charge >= 0.3 is 0 Å². The molecule has 0 aliphatic heterocycles. The molecule has 1 aromatic carbocycles. The van der Waals surface area contributed by atoms with Crippen molar-refractivity contribution in [2.45, 2.75) is 29.8 Å². The highest BCUT2D eigenvalue weighted by Crippen LogP contribution is 2.51. The Bertz CT molecular complexity index is 708. The number of aromatic nitrogens is 2. The average Bonchev–Trinajstić information content (AvgIpc) is 3.35. The van der Waals surface area contributed by atoms with E-state index >= 15 is 0 Å². The van der Waals surface area contributed by atoms with Gasteiger partial charge in [0.15, 0.2) is 10.9 Å². The first kappa shape index (κ1) is 16.3. The first-order valence-electron chi connectivity index (χ1n) is 7.33. The zero-order valence-electron chi connectivity index (χ0n) is 13.0. The molecule has 120 valence electrons. The Labute approximate surface area is 144 Å². The van der Waals surface area contributed by atoms with Crippen LogP contribution >= 0.6 is 23.4 Å². The highest BCUT2D eigenvalue weighted by atomic mass is 35.5. The molecule has 0 bridgehead atoms. The number of carbonyl (C=O) groups is 1. The molecule has 23 heavy (non-hydrogen) atoms. The molecule has 0 spiro atoms. The van der Waals surface area contributed by atoms with Crippen LogP contribution in [0.2, 0.25) is 5.02 Å². The topological polar surface area (TPSA) is 52.1 Å². The largest absolute Gasteiger partial charge is 0.481 e. The lowest BCUT2D eigenvalue weighted by Crippen LogP contribution is -2.16. The monoisotopic (exact) mass is 348 g/mol. The fourth-order valence-electron chi connectivity index (χ4n) is 2.59. The van der Waals surface area contributed by atoms with E-state index in [9.17, 15) is 4.79 Å². The van der Waals surface area contributed by atoms with Crippen LogP contribution in [0, 0.1) is 0 Å². The average molecular weight is 349 g/mol. The second-order valence-corrected chi connectivity index (χ2v) is 6.88. The van der Waals surface area contributed by atoms with Crippen molar-refractivity contribution < 1.29 is 9.53 Å². The van der Waals surface area contributed by atoms with Gasteiger partial charge in [-0.1, -0.05) is 23.4 Å². The van der Waals surface area contributed by atoms with Gasteiger partial charge in [-0.2, -0.15) is 4.98 Å². The number of rotatable bonds is 6. The molecule has 0 N–H and O–H groups in total. The van der Waals surface area contributed by atoms with Crippen LogP contribution < -0.4 is 4.74 Å². The van der Waals surface area contributed by atoms with Crippen molar-refractivity contribution in [3.8, 4) is 5.88 Å². The predicted octanol–water partition coefficient (Wildman–Crippen LogP) is 4.17. The predicted molar refractivity (Wildman–Crippen MR) is 91.7 cm³/mol. The third-order valence-corrected chi connectivity index (χ3v) is 4.94. The zero-order chi connectivity index (χ0) is 16.4. The van der Waals surface area contributed by atoms with Gasteiger partial charge in [0.25, 0.3) is 0 Å². The number of benzene rings is 1. The van der Waals surface area contributed by atoms with Crippen molar-refractivity contribution in [1.29, 1.82) is 0 Å². The normalized spacial score (nSPS) is 15.3. The van der Waals surface area contributed by atoms with E-state index in [1.54, 1.807) is 31.4 Å². The molecule has 1 saturated carbocycles. The second-order valence-electron chi connectivity index (χ2n) is 5.67. The number of thioether (sulfide) groups is 1. The number of hydrogen-bond donors (Lipinski definition) is 0. The second kappa shape index (κ2) is 6.49. The molecule has 6 heteroatoms. The maximum absolute atomic E-state index is 12.6. The number of Topliss-reactive ketones (excluding diaryl/α,β-unsaturated/α-hetero) is 1. The molecule has 1 heterocycles. The maximum Gasteiger partial charge on any atom is 0.217 e. The summed E-state index contributed by atoms with van der Waals surface area (Å²) in [5.41, 5.74) is 1.40. The van der Waals surface area contributed by atoms with Gasteiger partial charge in [0.1, 0.15) is 0 Å². The summed E-state index contributed by atoms with van der Waals surface area (Å²) in [5, 5.41) is 1.30. The molecule has 2 aromatic rings. The molecule has 0 radical (unpaired) electrons. The SMILES string of the molecule is COc1cc(C2(CC(=O)c3ccc(Cl)cc3)CC2)nc(SC)n1. The van der Waals surface area contributed by atoms with E-state index in [2.05, 4.69) is 9.97 Å². The number of halogens is 1. The van der Waals surface area contributed by atoms with Crippen LogP contribution in [-0.4, -0.2) is 29.1 Å². The Morgan fingerprint density at radius 1 is 1.30 bits per heavy atom. The van der Waals surface area contributed by atoms with Crippen molar-refractivity contribution in [1.82, 2.24) is 9.97 Å². The van der Waals surface area contributed by atoms with Crippen LogP contribution in [0.4, 0.5) is 0 Å². The van der Waals surface area contributed by atoms with Gasteiger partial charge in [-0.25, -0.2) is 4.98 Å². The first-order valence-corrected chi connectivity index (χ1v) is 8.93. The minimum absolute atomic E-state index is 0.113. The standard InChI is InChI=1S/C17H17ClN2O2S/c1-22-15-9-14(19-16(20-15)23-2)17(7-8-17)10-13(21)11-3-5-12(18)6-4-11/h3-6,9H,7-8,10H2,1-2H3. The molecule has 0 atom stereocenters. The highest BCUT2D eigenvalue weighted by Gasteiger charge is 2.47. The molecule has 3 rings (SSSR count). The molecular weight excluding hydrogens is 332 g/mol. The van der Waals surface area contributed by atoms with E-state index in [0.717, 1.165) is 18.5 Å². The highest BCUT2D eigenvalue weighted by molar-refractivity contribution is 7.98. The van der Waals surface area contributed by atoms with E-state index in [1.807, 2.05) is 12.3 Å². The smallest absolute Gasteiger partial charge is 0.217 e. The third kappa shape index (κ3) is 3.51. The van der Waals surface area contributed by atoms with Crippen molar-refractivity contribution in [3.05, 3.63) is 46.6 Å². The Morgan fingerprint density at radius 3 is 2.57 bits per heavy atom. The van der Waals surface area contributed by atoms with Gasteiger partial charge in [0.2, 0.25) is 5.88 Å². The summed E-state index contributed by atoms with van der Waals surface area (Å²) < 4.78 is 5.26. The lowest BCUT2D eigenvalue weighted by atomic mass is 9.92. The van der Waals surface area contributed by atoms with E-state index in [1.165, 1.54) is 11.8 Å². The quantitative estimate of drug-likeness (QED) is 0.445. The van der Waals surface area contributed by atoms with Gasteiger partial charge < -0.3 is 4.74 Å². The van der Waals surface area contributed by atoms with E-state index in [-0.39, 0.29) is 11.2 Å². The number of ether oxygens (including phenoxy) is 1. The minimum Gasteiger partial charge on any atom is -0.481 e. The molecule has 0 unspecified atom stereocenters. The lowest BCUT2D eigenvalue weighted by Gasteiger charge is -2.15. The summed E-state index contributed by atoms with van der Waals surface area (Å²) in [4.78, 5) is 21.5. The number of methoxy groups -OCH3 is 1. The van der Waals surface area contributed by atoms with E-state index in [4.69, 9.17) is 16.3 Å². The molecule has 1 aromatic heterocycles. The van der Waals surface area contributed by atoms with Crippen LogP contribution in [0.5, 0.6) is 5.88 Å². The molecule has 0 amide bonds. The fraction of sp³-hybridized carbons (Fsp3) is 0.353. The van der Waals surface area contributed by atoms with Crippen LogP contribution in [0.3, 0.4) is 0 Å². The maximum atomic E-state index is 12.6. The van der Waals surface area contributed by atoms with Gasteiger partial charge in [-0.3, -0.25) is 4.79 Å². The van der Waals surface area contributed by atoms with E-state index in [0.29, 0.717) is 28.0 Å². The summed E-state index contributed by atoms with van der Waals surface area (Å²) in [6, 6.07) is 8.88. The Balaban J connectivity index is 1.85. The molecule has 4 nitrogen and oxygen atoms in total.